The lowest BCUT2D eigenvalue weighted by atomic mass is 10.0. The van der Waals surface area contributed by atoms with Gasteiger partial charge in [-0.2, -0.15) is 0 Å². The maximum Gasteiger partial charge on any atom is 0.317 e. The standard InChI is InChI=1S/C18H21O8P.C5H13NO2/c1-22-14-8-7-12(9-15(14)26-27(19,20)21)5-6-13-10-16(23-2)18(25-4)17(11-13)24-3;1-2-5(6,3-7)4-8/h5-11H,1-4H3,(H2,19,20,21);7-8H,2-4,6H2,1H3/b6-5-;. The maximum absolute atomic E-state index is 11.0. The SMILES string of the molecule is CCC([NH3+])(CO)CO.COc1ccc(/C=C\c2cc(OC)c(OC)c(OC)c2)cc1OP(=O)([O-])O. The molecule has 0 amide bonds. The number of hydrogen-bond donors (Lipinski definition) is 4. The van der Waals surface area contributed by atoms with Crippen molar-refractivity contribution in [1.29, 1.82) is 0 Å². The van der Waals surface area contributed by atoms with E-state index in [1.807, 2.05) is 6.92 Å². The van der Waals surface area contributed by atoms with Crippen LogP contribution in [0.4, 0.5) is 0 Å². The van der Waals surface area contributed by atoms with Gasteiger partial charge in [0.1, 0.15) is 18.8 Å². The Labute approximate surface area is 204 Å². The fraction of sp³-hybridized carbons (Fsp3) is 0.391. The fourth-order valence-corrected chi connectivity index (χ4v) is 3.05. The molecule has 196 valence electrons. The lowest BCUT2D eigenvalue weighted by Gasteiger charge is -2.18. The highest BCUT2D eigenvalue weighted by atomic mass is 31.2. The van der Waals surface area contributed by atoms with Crippen molar-refractivity contribution in [2.24, 2.45) is 0 Å². The third-order valence-electron chi connectivity index (χ3n) is 4.98. The molecule has 1 atom stereocenters. The van der Waals surface area contributed by atoms with Gasteiger partial charge >= 0.3 is 7.82 Å². The molecule has 0 radical (unpaired) electrons. The summed E-state index contributed by atoms with van der Waals surface area (Å²) in [5.74, 6) is 1.53. The largest absolute Gasteiger partial charge is 0.746 e. The van der Waals surface area contributed by atoms with Crippen LogP contribution in [-0.4, -0.2) is 62.3 Å². The molecular weight excluding hydrogens is 481 g/mol. The minimum Gasteiger partial charge on any atom is -0.746 e. The number of ether oxygens (including phenoxy) is 4. The first-order chi connectivity index (χ1) is 16.5. The van der Waals surface area contributed by atoms with Crippen molar-refractivity contribution >= 4 is 20.0 Å². The van der Waals surface area contributed by atoms with E-state index in [-0.39, 0.29) is 24.7 Å². The van der Waals surface area contributed by atoms with E-state index >= 15 is 0 Å². The quantitative estimate of drug-likeness (QED) is 0.250. The van der Waals surface area contributed by atoms with Crippen LogP contribution in [0.2, 0.25) is 0 Å². The monoisotopic (exact) mass is 515 g/mol. The molecule has 0 heterocycles. The summed E-state index contributed by atoms with van der Waals surface area (Å²) in [5, 5.41) is 17.1. The van der Waals surface area contributed by atoms with Gasteiger partial charge in [0.2, 0.25) is 5.75 Å². The highest BCUT2D eigenvalue weighted by molar-refractivity contribution is 7.45. The number of rotatable bonds is 11. The molecule has 6 N–H and O–H groups in total. The van der Waals surface area contributed by atoms with Crippen LogP contribution in [0.5, 0.6) is 28.7 Å². The molecule has 0 spiro atoms. The van der Waals surface area contributed by atoms with E-state index in [4.69, 9.17) is 34.1 Å². The Morgan fingerprint density at radius 1 is 0.886 bits per heavy atom. The highest BCUT2D eigenvalue weighted by Gasteiger charge is 2.24. The topological polar surface area (TPSA) is 175 Å². The summed E-state index contributed by atoms with van der Waals surface area (Å²) in [6.45, 7) is 1.80. The molecule has 0 aliphatic rings. The van der Waals surface area contributed by atoms with E-state index in [1.54, 1.807) is 30.4 Å². The number of quaternary nitrogens is 1. The van der Waals surface area contributed by atoms with Gasteiger partial charge in [-0.3, -0.25) is 4.57 Å². The molecule has 0 aliphatic carbocycles. The molecule has 11 nitrogen and oxygen atoms in total. The number of hydrogen-bond acceptors (Lipinski definition) is 9. The molecule has 0 bridgehead atoms. The van der Waals surface area contributed by atoms with Gasteiger partial charge in [-0.25, -0.2) is 0 Å². The van der Waals surface area contributed by atoms with E-state index in [2.05, 4.69) is 10.3 Å². The van der Waals surface area contributed by atoms with Crippen LogP contribution in [0.15, 0.2) is 30.3 Å². The Balaban J connectivity index is 0.000000658. The number of phosphoric ester groups is 1. The number of aliphatic hydroxyl groups is 2. The Morgan fingerprint density at radius 2 is 1.37 bits per heavy atom. The van der Waals surface area contributed by atoms with Crippen molar-refractivity contribution in [2.45, 2.75) is 18.9 Å². The Hall–Kier alpha value is -2.79. The van der Waals surface area contributed by atoms with Crippen LogP contribution in [0.1, 0.15) is 24.5 Å². The summed E-state index contributed by atoms with van der Waals surface area (Å²) in [4.78, 5) is 19.9. The number of benzene rings is 2. The zero-order valence-corrected chi connectivity index (χ0v) is 21.4. The Morgan fingerprint density at radius 3 is 1.74 bits per heavy atom. The molecule has 2 aromatic carbocycles. The summed E-state index contributed by atoms with van der Waals surface area (Å²) < 4.78 is 36.5. The molecule has 0 saturated heterocycles. The molecule has 0 aliphatic heterocycles. The summed E-state index contributed by atoms with van der Waals surface area (Å²) in [6.07, 6.45) is 4.20. The third kappa shape index (κ3) is 9.41. The molecular formula is C23H34NO10P. The molecule has 0 saturated carbocycles. The highest BCUT2D eigenvalue weighted by Crippen LogP contribution is 2.40. The Kier molecular flexibility index (Phi) is 12.0. The van der Waals surface area contributed by atoms with E-state index < -0.39 is 13.4 Å². The van der Waals surface area contributed by atoms with Gasteiger partial charge in [0, 0.05) is 6.42 Å². The van der Waals surface area contributed by atoms with Gasteiger partial charge in [-0.05, 0) is 35.4 Å². The molecule has 35 heavy (non-hydrogen) atoms. The van der Waals surface area contributed by atoms with Crippen molar-refractivity contribution in [3.63, 3.8) is 0 Å². The molecule has 12 heteroatoms. The minimum absolute atomic E-state index is 0.0417. The summed E-state index contributed by atoms with van der Waals surface area (Å²) >= 11 is 0. The van der Waals surface area contributed by atoms with Crippen molar-refractivity contribution in [3.8, 4) is 28.7 Å². The third-order valence-corrected chi connectivity index (χ3v) is 5.40. The Bertz CT molecular complexity index is 984. The van der Waals surface area contributed by atoms with Gasteiger partial charge in [0.15, 0.2) is 23.0 Å². The lowest BCUT2D eigenvalue weighted by molar-refractivity contribution is -0.490. The smallest absolute Gasteiger partial charge is 0.317 e. The molecule has 0 aromatic heterocycles. The van der Waals surface area contributed by atoms with E-state index in [0.29, 0.717) is 29.2 Å². The van der Waals surface area contributed by atoms with Crippen LogP contribution < -0.4 is 34.1 Å². The van der Waals surface area contributed by atoms with E-state index in [0.717, 1.165) is 5.56 Å². The summed E-state index contributed by atoms with van der Waals surface area (Å²) in [6, 6.07) is 8.18. The molecule has 1 unspecified atom stereocenters. The summed E-state index contributed by atoms with van der Waals surface area (Å²) in [7, 11) is 0.968. The molecule has 2 rings (SSSR count). The zero-order valence-electron chi connectivity index (χ0n) is 20.5. The number of aliphatic hydroxyl groups excluding tert-OH is 2. The fourth-order valence-electron chi connectivity index (χ4n) is 2.66. The van der Waals surface area contributed by atoms with Crippen LogP contribution in [-0.2, 0) is 4.57 Å². The second-order valence-corrected chi connectivity index (χ2v) is 8.55. The van der Waals surface area contributed by atoms with Crippen LogP contribution in [0.25, 0.3) is 12.2 Å². The van der Waals surface area contributed by atoms with E-state index in [9.17, 15) is 9.46 Å². The number of methoxy groups -OCH3 is 4. The molecule has 0 fully saturated rings. The van der Waals surface area contributed by atoms with Gasteiger partial charge in [-0.15, -0.1) is 0 Å². The van der Waals surface area contributed by atoms with E-state index in [1.165, 1.54) is 40.6 Å². The average Bonchev–Trinajstić information content (AvgIpc) is 2.85. The molecule has 2 aromatic rings. The predicted molar refractivity (Wildman–Crippen MR) is 129 cm³/mol. The lowest BCUT2D eigenvalue weighted by Crippen LogP contribution is -2.76. The van der Waals surface area contributed by atoms with Crippen LogP contribution in [0.3, 0.4) is 0 Å². The van der Waals surface area contributed by atoms with Gasteiger partial charge in [0.25, 0.3) is 0 Å². The van der Waals surface area contributed by atoms with Crippen LogP contribution >= 0.6 is 7.82 Å². The minimum atomic E-state index is -4.96. The van der Waals surface area contributed by atoms with Crippen molar-refractivity contribution in [1.82, 2.24) is 0 Å². The second kappa shape index (κ2) is 13.9. The van der Waals surface area contributed by atoms with Crippen molar-refractivity contribution < 1.29 is 53.8 Å². The zero-order chi connectivity index (χ0) is 26.6. The normalized spacial score (nSPS) is 12.9. The summed E-state index contributed by atoms with van der Waals surface area (Å²) in [5.41, 5.74) is 4.49. The van der Waals surface area contributed by atoms with Crippen molar-refractivity contribution in [2.75, 3.05) is 41.7 Å². The maximum atomic E-state index is 11.0. The van der Waals surface area contributed by atoms with Gasteiger partial charge < -0.3 is 49.2 Å². The second-order valence-electron chi connectivity index (χ2n) is 7.43. The first kappa shape index (κ1) is 30.2. The van der Waals surface area contributed by atoms with Gasteiger partial charge in [-0.1, -0.05) is 25.1 Å². The first-order valence-electron chi connectivity index (χ1n) is 10.5. The number of phosphoric acid groups is 1. The average molecular weight is 515 g/mol. The predicted octanol–water partition coefficient (Wildman–Crippen LogP) is 1.09. The van der Waals surface area contributed by atoms with Crippen molar-refractivity contribution in [3.05, 3.63) is 41.5 Å². The van der Waals surface area contributed by atoms with Crippen LogP contribution in [0, 0.1) is 0 Å². The van der Waals surface area contributed by atoms with Gasteiger partial charge in [0.05, 0.1) is 28.4 Å². The first-order valence-corrected chi connectivity index (χ1v) is 12.0.